The van der Waals surface area contributed by atoms with Crippen molar-refractivity contribution in [3.8, 4) is 0 Å². The third-order valence-electron chi connectivity index (χ3n) is 2.71. The highest BCUT2D eigenvalue weighted by atomic mass is 35.5. The average Bonchev–Trinajstić information content (AvgIpc) is 2.40. The molecule has 0 fully saturated rings. The van der Waals surface area contributed by atoms with Crippen LogP contribution in [0.5, 0.6) is 0 Å². The summed E-state index contributed by atoms with van der Waals surface area (Å²) < 4.78 is 1.67. The first-order valence-electron chi connectivity index (χ1n) is 5.66. The summed E-state index contributed by atoms with van der Waals surface area (Å²) >= 11 is 7.23. The van der Waals surface area contributed by atoms with Crippen molar-refractivity contribution >= 4 is 34.3 Å². The first kappa shape index (κ1) is 13.2. The molecular formula is C14H14ClNOS. The summed E-state index contributed by atoms with van der Waals surface area (Å²) in [6.45, 7) is 0. The third-order valence-corrected chi connectivity index (χ3v) is 3.89. The second kappa shape index (κ2) is 6.12. The molecule has 0 aliphatic carbocycles. The van der Waals surface area contributed by atoms with Crippen molar-refractivity contribution in [2.75, 3.05) is 11.6 Å². The van der Waals surface area contributed by atoms with E-state index in [0.717, 1.165) is 21.6 Å². The fraction of sp³-hybridized carbons (Fsp3) is 0.214. The first-order chi connectivity index (χ1) is 8.74. The van der Waals surface area contributed by atoms with E-state index in [1.54, 1.807) is 29.4 Å². The fourth-order valence-corrected chi connectivity index (χ4v) is 2.82. The molecule has 2 aromatic rings. The predicted octanol–water partition coefficient (Wildman–Crippen LogP) is 3.43. The molecule has 0 atom stereocenters. The van der Waals surface area contributed by atoms with E-state index in [2.05, 4.69) is 0 Å². The summed E-state index contributed by atoms with van der Waals surface area (Å²) in [5.74, 6) is 1.35. The molecule has 0 spiro atoms. The number of thioether (sulfide) groups is 1. The van der Waals surface area contributed by atoms with E-state index in [-0.39, 0.29) is 5.56 Å². The smallest absolute Gasteiger partial charge is 0.251 e. The SMILES string of the molecule is Cn1c(=O)cc(SC/C=C/CCl)c2ccccc21. The lowest BCUT2D eigenvalue weighted by Crippen LogP contribution is -2.16. The molecule has 1 aromatic heterocycles. The van der Waals surface area contributed by atoms with Crippen molar-refractivity contribution in [3.05, 3.63) is 52.8 Å². The van der Waals surface area contributed by atoms with Crippen molar-refractivity contribution in [1.29, 1.82) is 0 Å². The minimum absolute atomic E-state index is 0.0255. The van der Waals surface area contributed by atoms with Gasteiger partial charge in [0.15, 0.2) is 0 Å². The Labute approximate surface area is 115 Å². The van der Waals surface area contributed by atoms with E-state index >= 15 is 0 Å². The van der Waals surface area contributed by atoms with E-state index in [0.29, 0.717) is 5.88 Å². The van der Waals surface area contributed by atoms with E-state index in [4.69, 9.17) is 11.6 Å². The van der Waals surface area contributed by atoms with Gasteiger partial charge >= 0.3 is 0 Å². The number of allylic oxidation sites excluding steroid dienone is 1. The van der Waals surface area contributed by atoms with Crippen LogP contribution >= 0.6 is 23.4 Å². The van der Waals surface area contributed by atoms with Crippen molar-refractivity contribution in [1.82, 2.24) is 4.57 Å². The lowest BCUT2D eigenvalue weighted by atomic mass is 10.2. The van der Waals surface area contributed by atoms with Gasteiger partial charge in [0.25, 0.3) is 5.56 Å². The van der Waals surface area contributed by atoms with Crippen molar-refractivity contribution in [2.24, 2.45) is 7.05 Å². The zero-order valence-corrected chi connectivity index (χ0v) is 11.7. The van der Waals surface area contributed by atoms with Gasteiger partial charge in [-0.25, -0.2) is 0 Å². The summed E-state index contributed by atoms with van der Waals surface area (Å²) in [7, 11) is 1.80. The maximum atomic E-state index is 11.9. The molecule has 1 aromatic carbocycles. The molecular weight excluding hydrogens is 266 g/mol. The first-order valence-corrected chi connectivity index (χ1v) is 7.18. The Morgan fingerprint density at radius 1 is 1.33 bits per heavy atom. The number of aromatic nitrogens is 1. The van der Waals surface area contributed by atoms with Crippen LogP contribution in [0.2, 0.25) is 0 Å². The molecule has 94 valence electrons. The summed E-state index contributed by atoms with van der Waals surface area (Å²) in [5.41, 5.74) is 0.992. The van der Waals surface area contributed by atoms with Gasteiger partial charge in [0, 0.05) is 35.0 Å². The maximum Gasteiger partial charge on any atom is 0.251 e. The van der Waals surface area contributed by atoms with Crippen molar-refractivity contribution in [2.45, 2.75) is 4.90 Å². The van der Waals surface area contributed by atoms with E-state index < -0.39 is 0 Å². The average molecular weight is 280 g/mol. The van der Waals surface area contributed by atoms with Crippen LogP contribution in [-0.2, 0) is 7.05 Å². The van der Waals surface area contributed by atoms with E-state index in [1.165, 1.54) is 0 Å². The number of hydrogen-bond acceptors (Lipinski definition) is 2. The lowest BCUT2D eigenvalue weighted by molar-refractivity contribution is 0.898. The Balaban J connectivity index is 2.41. The molecule has 0 N–H and O–H groups in total. The van der Waals surface area contributed by atoms with Crippen LogP contribution in [0, 0.1) is 0 Å². The molecule has 0 saturated heterocycles. The molecule has 1 heterocycles. The number of alkyl halides is 1. The van der Waals surface area contributed by atoms with Gasteiger partial charge in [-0.2, -0.15) is 0 Å². The number of benzene rings is 1. The Morgan fingerprint density at radius 2 is 2.11 bits per heavy atom. The minimum atomic E-state index is 0.0255. The number of para-hydroxylation sites is 1. The molecule has 2 rings (SSSR count). The summed E-state index contributed by atoms with van der Waals surface area (Å²) in [6.07, 6.45) is 3.93. The predicted molar refractivity (Wildman–Crippen MR) is 79.8 cm³/mol. The Morgan fingerprint density at radius 3 is 2.89 bits per heavy atom. The van der Waals surface area contributed by atoms with E-state index in [9.17, 15) is 4.79 Å². The monoisotopic (exact) mass is 279 g/mol. The van der Waals surface area contributed by atoms with Gasteiger partial charge in [0.2, 0.25) is 0 Å². The Bertz CT molecular complexity index is 633. The molecule has 18 heavy (non-hydrogen) atoms. The molecule has 0 unspecified atom stereocenters. The van der Waals surface area contributed by atoms with E-state index in [1.807, 2.05) is 36.4 Å². The van der Waals surface area contributed by atoms with Crippen LogP contribution in [0.25, 0.3) is 10.9 Å². The van der Waals surface area contributed by atoms with Gasteiger partial charge in [-0.1, -0.05) is 30.4 Å². The number of nitrogens with zero attached hydrogens (tertiary/aromatic N) is 1. The number of aryl methyl sites for hydroxylation is 1. The molecule has 2 nitrogen and oxygen atoms in total. The number of hydrogen-bond donors (Lipinski definition) is 0. The van der Waals surface area contributed by atoms with Crippen LogP contribution in [0.4, 0.5) is 0 Å². The molecule has 0 aliphatic rings. The number of fused-ring (bicyclic) bond motifs is 1. The number of pyridine rings is 1. The maximum absolute atomic E-state index is 11.9. The third kappa shape index (κ3) is 2.79. The van der Waals surface area contributed by atoms with Crippen LogP contribution < -0.4 is 5.56 Å². The molecule has 0 bridgehead atoms. The van der Waals surface area contributed by atoms with Crippen LogP contribution in [0.1, 0.15) is 0 Å². The Kier molecular flexibility index (Phi) is 4.50. The molecule has 0 amide bonds. The molecule has 0 radical (unpaired) electrons. The topological polar surface area (TPSA) is 22.0 Å². The van der Waals surface area contributed by atoms with Gasteiger partial charge in [-0.3, -0.25) is 4.79 Å². The molecule has 4 heteroatoms. The van der Waals surface area contributed by atoms with Gasteiger partial charge in [-0.05, 0) is 6.07 Å². The zero-order chi connectivity index (χ0) is 13.0. The van der Waals surface area contributed by atoms with Crippen LogP contribution in [0.3, 0.4) is 0 Å². The molecule has 0 aliphatic heterocycles. The Hall–Kier alpha value is -1.19. The van der Waals surface area contributed by atoms with Crippen molar-refractivity contribution in [3.63, 3.8) is 0 Å². The quantitative estimate of drug-likeness (QED) is 0.486. The van der Waals surface area contributed by atoms with Crippen LogP contribution in [0.15, 0.2) is 52.2 Å². The summed E-state index contributed by atoms with van der Waals surface area (Å²) in [4.78, 5) is 12.9. The van der Waals surface area contributed by atoms with Gasteiger partial charge < -0.3 is 4.57 Å². The van der Waals surface area contributed by atoms with Crippen LogP contribution in [-0.4, -0.2) is 16.2 Å². The number of rotatable bonds is 4. The second-order valence-electron chi connectivity index (χ2n) is 3.86. The zero-order valence-electron chi connectivity index (χ0n) is 10.1. The highest BCUT2D eigenvalue weighted by Crippen LogP contribution is 2.25. The number of halogens is 1. The second-order valence-corrected chi connectivity index (χ2v) is 5.23. The molecule has 0 saturated carbocycles. The van der Waals surface area contributed by atoms with Gasteiger partial charge in [-0.15, -0.1) is 23.4 Å². The van der Waals surface area contributed by atoms with Crippen molar-refractivity contribution < 1.29 is 0 Å². The highest BCUT2D eigenvalue weighted by molar-refractivity contribution is 7.99. The normalized spacial score (nSPS) is 11.4. The standard InChI is InChI=1S/C14H14ClNOS/c1-16-12-7-3-2-6-11(12)13(10-14(16)17)18-9-5-4-8-15/h2-7,10H,8-9H2,1H3/b5-4+. The van der Waals surface area contributed by atoms with Gasteiger partial charge in [0.05, 0.1) is 5.52 Å². The largest absolute Gasteiger partial charge is 0.311 e. The fourth-order valence-electron chi connectivity index (χ4n) is 1.77. The van der Waals surface area contributed by atoms with Gasteiger partial charge in [0.1, 0.15) is 0 Å². The lowest BCUT2D eigenvalue weighted by Gasteiger charge is -2.08. The summed E-state index contributed by atoms with van der Waals surface area (Å²) in [6, 6.07) is 9.65. The highest BCUT2D eigenvalue weighted by Gasteiger charge is 2.05. The minimum Gasteiger partial charge on any atom is -0.311 e. The summed E-state index contributed by atoms with van der Waals surface area (Å²) in [5, 5.41) is 1.11.